The van der Waals surface area contributed by atoms with Crippen LogP contribution in [0.3, 0.4) is 0 Å². The van der Waals surface area contributed by atoms with Gasteiger partial charge in [-0.15, -0.1) is 0 Å². The predicted octanol–water partition coefficient (Wildman–Crippen LogP) is 2.57. The number of benzene rings is 1. The Morgan fingerprint density at radius 1 is 1.36 bits per heavy atom. The van der Waals surface area contributed by atoms with Crippen LogP contribution in [0.2, 0.25) is 0 Å². The van der Waals surface area contributed by atoms with Crippen LogP contribution in [0.25, 0.3) is 10.8 Å². The van der Waals surface area contributed by atoms with E-state index in [0.717, 1.165) is 22.9 Å². The Morgan fingerprint density at radius 3 is 2.54 bits per heavy atom. The standard InChI is InChI=1S/C19H22F3N3O3/c1-10(2)16-14-6-11(19(20,21)22)4-5-13(14)17(27)25(24-16)9-15(26)23-12-7-18(3,28)8-12/h4-6,10,12,28H,7-9H2,1-3H3,(H,23,26). The van der Waals surface area contributed by atoms with Gasteiger partial charge in [-0.1, -0.05) is 13.8 Å². The van der Waals surface area contributed by atoms with Crippen molar-refractivity contribution in [3.63, 3.8) is 0 Å². The van der Waals surface area contributed by atoms with Crippen LogP contribution in [0.4, 0.5) is 13.2 Å². The fourth-order valence-electron chi connectivity index (χ4n) is 3.53. The number of carbonyl (C=O) groups is 1. The Bertz CT molecular complexity index is 972. The molecule has 1 aliphatic rings. The van der Waals surface area contributed by atoms with Crippen LogP contribution in [0, 0.1) is 0 Å². The summed E-state index contributed by atoms with van der Waals surface area (Å²) in [6.07, 6.45) is -3.67. The van der Waals surface area contributed by atoms with Crippen LogP contribution in [0.1, 0.15) is 50.8 Å². The molecule has 1 aromatic heterocycles. The van der Waals surface area contributed by atoms with E-state index in [2.05, 4.69) is 10.4 Å². The van der Waals surface area contributed by atoms with Gasteiger partial charge in [-0.05, 0) is 43.9 Å². The molecule has 0 aliphatic heterocycles. The topological polar surface area (TPSA) is 84.2 Å². The van der Waals surface area contributed by atoms with Crippen LogP contribution in [-0.2, 0) is 17.5 Å². The third-order valence-corrected chi connectivity index (χ3v) is 4.89. The Kier molecular flexibility index (Phi) is 4.99. The summed E-state index contributed by atoms with van der Waals surface area (Å²) < 4.78 is 40.1. The van der Waals surface area contributed by atoms with E-state index in [1.54, 1.807) is 20.8 Å². The van der Waals surface area contributed by atoms with Gasteiger partial charge in [0.1, 0.15) is 6.54 Å². The molecule has 1 aliphatic carbocycles. The molecule has 1 fully saturated rings. The van der Waals surface area contributed by atoms with E-state index in [4.69, 9.17) is 0 Å². The van der Waals surface area contributed by atoms with Crippen molar-refractivity contribution in [3.05, 3.63) is 39.8 Å². The molecular formula is C19H22F3N3O3. The summed E-state index contributed by atoms with van der Waals surface area (Å²) in [6.45, 7) is 4.85. The Hall–Kier alpha value is -2.42. The van der Waals surface area contributed by atoms with E-state index in [0.29, 0.717) is 18.5 Å². The summed E-state index contributed by atoms with van der Waals surface area (Å²) in [5.41, 5.74) is -1.95. The highest BCUT2D eigenvalue weighted by Crippen LogP contribution is 2.33. The summed E-state index contributed by atoms with van der Waals surface area (Å²) in [5, 5.41) is 16.9. The Labute approximate surface area is 159 Å². The maximum Gasteiger partial charge on any atom is 0.416 e. The van der Waals surface area contributed by atoms with Gasteiger partial charge in [0, 0.05) is 11.4 Å². The number of halogens is 3. The highest BCUT2D eigenvalue weighted by molar-refractivity contribution is 5.85. The lowest BCUT2D eigenvalue weighted by Gasteiger charge is -2.41. The van der Waals surface area contributed by atoms with Crippen molar-refractivity contribution in [2.45, 2.75) is 63.9 Å². The monoisotopic (exact) mass is 397 g/mol. The molecule has 1 aromatic carbocycles. The minimum absolute atomic E-state index is 0.0890. The molecule has 3 rings (SSSR count). The zero-order valence-corrected chi connectivity index (χ0v) is 15.8. The van der Waals surface area contributed by atoms with E-state index in [9.17, 15) is 27.9 Å². The largest absolute Gasteiger partial charge is 0.416 e. The molecule has 1 saturated carbocycles. The zero-order chi connectivity index (χ0) is 20.9. The number of amides is 1. The number of aromatic nitrogens is 2. The summed E-state index contributed by atoms with van der Waals surface area (Å²) in [6, 6.07) is 2.75. The van der Waals surface area contributed by atoms with Gasteiger partial charge >= 0.3 is 6.18 Å². The fraction of sp³-hybridized carbons (Fsp3) is 0.526. The van der Waals surface area contributed by atoms with E-state index in [1.165, 1.54) is 0 Å². The van der Waals surface area contributed by atoms with Gasteiger partial charge < -0.3 is 10.4 Å². The van der Waals surface area contributed by atoms with Crippen molar-refractivity contribution in [1.29, 1.82) is 0 Å². The van der Waals surface area contributed by atoms with Gasteiger partial charge in [-0.3, -0.25) is 9.59 Å². The molecule has 0 spiro atoms. The van der Waals surface area contributed by atoms with Crippen LogP contribution in [-0.4, -0.2) is 32.4 Å². The van der Waals surface area contributed by atoms with Crippen molar-refractivity contribution in [1.82, 2.24) is 15.1 Å². The number of fused-ring (bicyclic) bond motifs is 1. The van der Waals surface area contributed by atoms with E-state index in [-0.39, 0.29) is 29.3 Å². The highest BCUT2D eigenvalue weighted by Gasteiger charge is 2.39. The lowest BCUT2D eigenvalue weighted by Crippen LogP contribution is -2.54. The van der Waals surface area contributed by atoms with Gasteiger partial charge in [0.15, 0.2) is 0 Å². The quantitative estimate of drug-likeness (QED) is 0.831. The normalized spacial score (nSPS) is 22.4. The van der Waals surface area contributed by atoms with Gasteiger partial charge in [-0.25, -0.2) is 4.68 Å². The maximum atomic E-state index is 13.0. The van der Waals surface area contributed by atoms with Gasteiger partial charge in [-0.2, -0.15) is 18.3 Å². The predicted molar refractivity (Wildman–Crippen MR) is 96.9 cm³/mol. The average molecular weight is 397 g/mol. The molecule has 0 radical (unpaired) electrons. The number of hydrogen-bond acceptors (Lipinski definition) is 4. The number of aliphatic hydroxyl groups is 1. The lowest BCUT2D eigenvalue weighted by molar-refractivity contribution is -0.137. The number of hydrogen-bond donors (Lipinski definition) is 2. The second-order valence-electron chi connectivity index (χ2n) is 7.93. The molecule has 152 valence electrons. The van der Waals surface area contributed by atoms with Crippen LogP contribution >= 0.6 is 0 Å². The maximum absolute atomic E-state index is 13.0. The average Bonchev–Trinajstić information content (AvgIpc) is 2.54. The van der Waals surface area contributed by atoms with Crippen molar-refractivity contribution >= 4 is 16.7 Å². The third kappa shape index (κ3) is 4.04. The molecular weight excluding hydrogens is 375 g/mol. The van der Waals surface area contributed by atoms with Crippen molar-refractivity contribution in [2.24, 2.45) is 0 Å². The van der Waals surface area contributed by atoms with Crippen LogP contribution < -0.4 is 10.9 Å². The van der Waals surface area contributed by atoms with Crippen molar-refractivity contribution in [3.8, 4) is 0 Å². The smallest absolute Gasteiger partial charge is 0.390 e. The van der Waals surface area contributed by atoms with E-state index < -0.39 is 28.8 Å². The van der Waals surface area contributed by atoms with Gasteiger partial charge in [0.2, 0.25) is 5.91 Å². The molecule has 0 bridgehead atoms. The molecule has 1 heterocycles. The molecule has 9 heteroatoms. The number of rotatable bonds is 4. The lowest BCUT2D eigenvalue weighted by atomic mass is 9.77. The molecule has 6 nitrogen and oxygen atoms in total. The molecule has 2 aromatic rings. The molecule has 0 saturated heterocycles. The minimum Gasteiger partial charge on any atom is -0.390 e. The summed E-state index contributed by atoms with van der Waals surface area (Å²) in [5.74, 6) is -0.682. The van der Waals surface area contributed by atoms with E-state index >= 15 is 0 Å². The number of nitrogens with one attached hydrogen (secondary N) is 1. The SMILES string of the molecule is CC(C)c1nn(CC(=O)NC2CC(C)(O)C2)c(=O)c2ccc(C(F)(F)F)cc12. The number of carbonyl (C=O) groups excluding carboxylic acids is 1. The second kappa shape index (κ2) is 6.88. The third-order valence-electron chi connectivity index (χ3n) is 4.89. The second-order valence-corrected chi connectivity index (χ2v) is 7.93. The highest BCUT2D eigenvalue weighted by atomic mass is 19.4. The summed E-state index contributed by atoms with van der Waals surface area (Å²) in [4.78, 5) is 24.9. The first-order valence-electron chi connectivity index (χ1n) is 9.01. The van der Waals surface area contributed by atoms with Gasteiger partial charge in [0.05, 0.1) is 22.2 Å². The molecule has 0 unspecified atom stereocenters. The minimum atomic E-state index is -4.53. The Balaban J connectivity index is 1.94. The number of nitrogens with zero attached hydrogens (tertiary/aromatic N) is 2. The molecule has 28 heavy (non-hydrogen) atoms. The molecule has 0 atom stereocenters. The first kappa shape index (κ1) is 20.3. The summed E-state index contributed by atoms with van der Waals surface area (Å²) in [7, 11) is 0. The summed E-state index contributed by atoms with van der Waals surface area (Å²) >= 11 is 0. The van der Waals surface area contributed by atoms with Crippen molar-refractivity contribution < 1.29 is 23.1 Å². The number of alkyl halides is 3. The first-order chi connectivity index (χ1) is 12.9. The van der Waals surface area contributed by atoms with Crippen molar-refractivity contribution in [2.75, 3.05) is 0 Å². The fourth-order valence-corrected chi connectivity index (χ4v) is 3.53. The zero-order valence-electron chi connectivity index (χ0n) is 15.8. The van der Waals surface area contributed by atoms with E-state index in [1.807, 2.05) is 0 Å². The van der Waals surface area contributed by atoms with Gasteiger partial charge in [0.25, 0.3) is 5.56 Å². The molecule has 2 N–H and O–H groups in total. The Morgan fingerprint density at radius 2 is 2.00 bits per heavy atom. The van der Waals surface area contributed by atoms with Crippen LogP contribution in [0.5, 0.6) is 0 Å². The first-order valence-corrected chi connectivity index (χ1v) is 9.01. The molecule has 1 amide bonds. The van der Waals surface area contributed by atoms with Crippen LogP contribution in [0.15, 0.2) is 23.0 Å².